The van der Waals surface area contributed by atoms with E-state index in [9.17, 15) is 0 Å². The molecule has 5 nitrogen and oxygen atoms in total. The zero-order valence-electron chi connectivity index (χ0n) is 25.8. The van der Waals surface area contributed by atoms with Crippen molar-refractivity contribution in [3.63, 3.8) is 0 Å². The minimum Gasteiger partial charge on any atom is -0.385 e. The molecule has 5 heteroatoms. The minimum atomic E-state index is 0.667. The Hall–Kier alpha value is -1.68. The van der Waals surface area contributed by atoms with Crippen molar-refractivity contribution in [2.75, 3.05) is 66.6 Å². The predicted molar refractivity (Wildman–Crippen MR) is 167 cm³/mol. The molecule has 0 atom stereocenters. The van der Waals surface area contributed by atoms with Crippen LogP contribution in [0, 0.1) is 12.3 Å². The van der Waals surface area contributed by atoms with Gasteiger partial charge in [0.15, 0.2) is 0 Å². The van der Waals surface area contributed by atoms with Crippen molar-refractivity contribution in [2.45, 2.75) is 96.8 Å². The van der Waals surface area contributed by atoms with E-state index in [0.29, 0.717) is 13.2 Å². The molecule has 0 saturated heterocycles. The standard InChI is InChI=1S/C35H58O5/c1-5-8-9-12-23-38-25-14-18-33-30-32(17-6-2)31-34(19-15-26-40-29-28-37-21-7-3)35(33)20-16-27-39-24-13-10-11-22-36-4/h1,6,30-31H,2,7-29H2,3-4H3. The maximum Gasteiger partial charge on any atom is 0.0700 e. The van der Waals surface area contributed by atoms with Crippen LogP contribution in [-0.4, -0.2) is 66.6 Å². The van der Waals surface area contributed by atoms with Crippen molar-refractivity contribution in [1.82, 2.24) is 0 Å². The zero-order valence-corrected chi connectivity index (χ0v) is 25.8. The molecule has 228 valence electrons. The van der Waals surface area contributed by atoms with Crippen molar-refractivity contribution in [3.8, 4) is 12.3 Å². The maximum absolute atomic E-state index is 5.97. The molecule has 0 amide bonds. The topological polar surface area (TPSA) is 46.2 Å². The van der Waals surface area contributed by atoms with Gasteiger partial charge in [0, 0.05) is 59.8 Å². The molecule has 1 rings (SSSR count). The first-order valence-electron chi connectivity index (χ1n) is 15.7. The lowest BCUT2D eigenvalue weighted by Gasteiger charge is -2.18. The lowest BCUT2D eigenvalue weighted by Crippen LogP contribution is -2.09. The Morgan fingerprint density at radius 2 is 1.20 bits per heavy atom. The van der Waals surface area contributed by atoms with Gasteiger partial charge in [-0.1, -0.05) is 25.1 Å². The molecule has 40 heavy (non-hydrogen) atoms. The molecule has 0 aliphatic rings. The van der Waals surface area contributed by atoms with Crippen LogP contribution in [0.2, 0.25) is 0 Å². The Bertz CT molecular complexity index is 770. The van der Waals surface area contributed by atoms with Crippen molar-refractivity contribution in [2.24, 2.45) is 0 Å². The van der Waals surface area contributed by atoms with Crippen LogP contribution in [0.15, 0.2) is 24.8 Å². The third kappa shape index (κ3) is 19.4. The summed E-state index contributed by atoms with van der Waals surface area (Å²) in [6.07, 6.45) is 21.7. The van der Waals surface area contributed by atoms with E-state index in [-0.39, 0.29) is 0 Å². The van der Waals surface area contributed by atoms with E-state index in [2.05, 4.69) is 31.6 Å². The highest BCUT2D eigenvalue weighted by atomic mass is 16.5. The van der Waals surface area contributed by atoms with E-state index in [4.69, 9.17) is 30.1 Å². The summed E-state index contributed by atoms with van der Waals surface area (Å²) >= 11 is 0. The molecule has 0 unspecified atom stereocenters. The Labute approximate surface area is 246 Å². The van der Waals surface area contributed by atoms with E-state index < -0.39 is 0 Å². The zero-order chi connectivity index (χ0) is 28.9. The Morgan fingerprint density at radius 1 is 0.675 bits per heavy atom. The first-order chi connectivity index (χ1) is 19.8. The van der Waals surface area contributed by atoms with Gasteiger partial charge in [0.2, 0.25) is 0 Å². The van der Waals surface area contributed by atoms with Gasteiger partial charge in [0.05, 0.1) is 13.2 Å². The fraction of sp³-hybridized carbons (Fsp3) is 0.714. The van der Waals surface area contributed by atoms with Crippen LogP contribution in [0.5, 0.6) is 0 Å². The van der Waals surface area contributed by atoms with E-state index in [0.717, 1.165) is 136 Å². The van der Waals surface area contributed by atoms with Crippen LogP contribution in [0.1, 0.15) is 93.4 Å². The van der Waals surface area contributed by atoms with E-state index in [1.807, 2.05) is 6.08 Å². The molecule has 0 aromatic heterocycles. The highest BCUT2D eigenvalue weighted by molar-refractivity contribution is 5.40. The number of unbranched alkanes of at least 4 members (excludes halogenated alkanes) is 4. The molecule has 0 N–H and O–H groups in total. The molecule has 0 aliphatic heterocycles. The van der Waals surface area contributed by atoms with E-state index in [1.54, 1.807) is 7.11 Å². The Morgan fingerprint density at radius 3 is 1.77 bits per heavy atom. The summed E-state index contributed by atoms with van der Waals surface area (Å²) in [4.78, 5) is 0. The number of aryl methyl sites for hydroxylation is 2. The second-order valence-corrected chi connectivity index (χ2v) is 10.4. The first kappa shape index (κ1) is 36.3. The molecule has 0 saturated carbocycles. The molecule has 0 bridgehead atoms. The van der Waals surface area contributed by atoms with E-state index in [1.165, 1.54) is 22.3 Å². The van der Waals surface area contributed by atoms with Crippen LogP contribution in [0.25, 0.3) is 0 Å². The summed E-state index contributed by atoms with van der Waals surface area (Å²) < 4.78 is 28.4. The molecule has 0 heterocycles. The van der Waals surface area contributed by atoms with Crippen LogP contribution >= 0.6 is 0 Å². The van der Waals surface area contributed by atoms with Crippen molar-refractivity contribution < 1.29 is 23.7 Å². The summed E-state index contributed by atoms with van der Waals surface area (Å²) in [5, 5.41) is 0. The molecule has 0 aliphatic carbocycles. The van der Waals surface area contributed by atoms with Gasteiger partial charge in [0.1, 0.15) is 0 Å². The number of hydrogen-bond donors (Lipinski definition) is 0. The SMILES string of the molecule is C#CCCCCOCCCc1cc(CC=C)cc(CCCOCCOCCC)c1CCCOCCCCCOC. The maximum atomic E-state index is 5.97. The summed E-state index contributed by atoms with van der Waals surface area (Å²) in [6.45, 7) is 13.1. The fourth-order valence-electron chi connectivity index (χ4n) is 4.73. The van der Waals surface area contributed by atoms with Crippen molar-refractivity contribution in [3.05, 3.63) is 47.0 Å². The predicted octanol–water partition coefficient (Wildman–Crippen LogP) is 7.31. The number of hydrogen-bond acceptors (Lipinski definition) is 5. The molecule has 1 aromatic rings. The van der Waals surface area contributed by atoms with Gasteiger partial charge in [-0.15, -0.1) is 18.9 Å². The molecule has 1 aromatic carbocycles. The van der Waals surface area contributed by atoms with Crippen LogP contribution in [-0.2, 0) is 49.4 Å². The number of ether oxygens (including phenoxy) is 5. The normalized spacial score (nSPS) is 11.1. The summed E-state index contributed by atoms with van der Waals surface area (Å²) in [5.74, 6) is 2.70. The van der Waals surface area contributed by atoms with Crippen molar-refractivity contribution in [1.29, 1.82) is 0 Å². The lowest BCUT2D eigenvalue weighted by molar-refractivity contribution is 0.0472. The van der Waals surface area contributed by atoms with Gasteiger partial charge in [-0.25, -0.2) is 0 Å². The fourth-order valence-corrected chi connectivity index (χ4v) is 4.73. The largest absolute Gasteiger partial charge is 0.385 e. The molecule has 0 spiro atoms. The van der Waals surface area contributed by atoms with Gasteiger partial charge in [0.25, 0.3) is 0 Å². The summed E-state index contributed by atoms with van der Waals surface area (Å²) in [6, 6.07) is 4.79. The molecular weight excluding hydrogens is 500 g/mol. The number of terminal acetylenes is 1. The number of benzene rings is 1. The van der Waals surface area contributed by atoms with Gasteiger partial charge in [-0.2, -0.15) is 0 Å². The molecule has 0 fully saturated rings. The van der Waals surface area contributed by atoms with Gasteiger partial charge < -0.3 is 23.7 Å². The molecule has 0 radical (unpaired) electrons. The van der Waals surface area contributed by atoms with Crippen LogP contribution < -0.4 is 0 Å². The number of rotatable bonds is 29. The monoisotopic (exact) mass is 558 g/mol. The Kier molecular flexibility index (Phi) is 25.0. The van der Waals surface area contributed by atoms with Gasteiger partial charge in [-0.05, 0) is 106 Å². The molecular formula is C35H58O5. The average molecular weight is 559 g/mol. The van der Waals surface area contributed by atoms with Crippen LogP contribution in [0.3, 0.4) is 0 Å². The lowest BCUT2D eigenvalue weighted by atomic mass is 9.89. The third-order valence-corrected chi connectivity index (χ3v) is 6.78. The quantitative estimate of drug-likeness (QED) is 0.0586. The minimum absolute atomic E-state index is 0.667. The van der Waals surface area contributed by atoms with Gasteiger partial charge in [-0.3, -0.25) is 0 Å². The Balaban J connectivity index is 2.70. The van der Waals surface area contributed by atoms with Gasteiger partial charge >= 0.3 is 0 Å². The highest BCUT2D eigenvalue weighted by Crippen LogP contribution is 2.24. The second kappa shape index (κ2) is 27.5. The smallest absolute Gasteiger partial charge is 0.0700 e. The van der Waals surface area contributed by atoms with Crippen molar-refractivity contribution >= 4 is 0 Å². The number of allylic oxidation sites excluding steroid dienone is 1. The number of methoxy groups -OCH3 is 1. The van der Waals surface area contributed by atoms with E-state index >= 15 is 0 Å². The third-order valence-electron chi connectivity index (χ3n) is 6.78. The first-order valence-corrected chi connectivity index (χ1v) is 15.7. The second-order valence-electron chi connectivity index (χ2n) is 10.4. The van der Waals surface area contributed by atoms with Crippen LogP contribution in [0.4, 0.5) is 0 Å². The average Bonchev–Trinajstić information content (AvgIpc) is 2.96. The highest BCUT2D eigenvalue weighted by Gasteiger charge is 2.12. The summed E-state index contributed by atoms with van der Waals surface area (Å²) in [5.41, 5.74) is 5.76. The summed E-state index contributed by atoms with van der Waals surface area (Å²) in [7, 11) is 1.76.